The number of halogens is 2. The van der Waals surface area contributed by atoms with E-state index in [1.807, 2.05) is 48.5 Å². The zero-order chi connectivity index (χ0) is 28.1. The number of urea groups is 1. The van der Waals surface area contributed by atoms with Gasteiger partial charge in [0.25, 0.3) is 11.8 Å². The molecule has 7 nitrogen and oxygen atoms in total. The molecule has 1 heterocycles. The summed E-state index contributed by atoms with van der Waals surface area (Å²) in [5, 5.41) is 2.81. The minimum Gasteiger partial charge on any atom is -0.489 e. The number of nitrogens with one attached hydrogen (secondary N) is 1. The first kappa shape index (κ1) is 27.2. The van der Waals surface area contributed by atoms with Crippen LogP contribution >= 0.6 is 27.5 Å². The average Bonchev–Trinajstić information content (AvgIpc) is 2.95. The fourth-order valence-corrected chi connectivity index (χ4v) is 4.58. The lowest BCUT2D eigenvalue weighted by Gasteiger charge is -2.26. The van der Waals surface area contributed by atoms with Crippen molar-refractivity contribution in [3.63, 3.8) is 0 Å². The Kier molecular flexibility index (Phi) is 8.28. The molecule has 1 aliphatic heterocycles. The second kappa shape index (κ2) is 12.2. The highest BCUT2D eigenvalue weighted by Crippen LogP contribution is 2.30. The Morgan fingerprint density at radius 1 is 0.825 bits per heavy atom. The van der Waals surface area contributed by atoms with Crippen LogP contribution in [0.25, 0.3) is 6.08 Å². The van der Waals surface area contributed by atoms with Crippen molar-refractivity contribution in [1.82, 2.24) is 5.32 Å². The van der Waals surface area contributed by atoms with Crippen molar-refractivity contribution in [1.29, 1.82) is 0 Å². The Labute approximate surface area is 244 Å². The Hall–Kier alpha value is -4.40. The van der Waals surface area contributed by atoms with Gasteiger partial charge in [0.05, 0.1) is 5.69 Å². The molecular formula is C31H22BrClN2O5. The lowest BCUT2D eigenvalue weighted by atomic mass is 10.1. The summed E-state index contributed by atoms with van der Waals surface area (Å²) in [5.74, 6) is -0.562. The number of amides is 4. The highest BCUT2D eigenvalue weighted by molar-refractivity contribution is 9.10. The van der Waals surface area contributed by atoms with Crippen LogP contribution in [0.1, 0.15) is 16.7 Å². The van der Waals surface area contributed by atoms with Gasteiger partial charge in [0.1, 0.15) is 30.3 Å². The van der Waals surface area contributed by atoms with Crippen LogP contribution in [0, 0.1) is 0 Å². The lowest BCUT2D eigenvalue weighted by molar-refractivity contribution is -0.122. The fraction of sp³-hybridized carbons (Fsp3) is 0.0645. The molecular weight excluding hydrogens is 596 g/mol. The SMILES string of the molecule is O=C1NC(=O)N(c2ccc(OCc3ccccc3)cc2)C(=O)/C1=C/c1cc(Br)ccc1OCc1ccccc1Cl. The first-order valence-electron chi connectivity index (χ1n) is 12.2. The van der Waals surface area contributed by atoms with Crippen molar-refractivity contribution in [3.05, 3.63) is 129 Å². The molecule has 0 bridgehead atoms. The summed E-state index contributed by atoms with van der Waals surface area (Å²) in [6, 6.07) is 27.9. The summed E-state index contributed by atoms with van der Waals surface area (Å²) in [4.78, 5) is 39.8. The molecule has 5 rings (SSSR count). The molecule has 4 aromatic carbocycles. The van der Waals surface area contributed by atoms with Crippen LogP contribution in [0.2, 0.25) is 5.02 Å². The quantitative estimate of drug-likeness (QED) is 0.171. The molecule has 200 valence electrons. The highest BCUT2D eigenvalue weighted by Gasteiger charge is 2.37. The smallest absolute Gasteiger partial charge is 0.335 e. The number of carbonyl (C=O) groups is 3. The predicted octanol–water partition coefficient (Wildman–Crippen LogP) is 6.93. The number of rotatable bonds is 8. The molecule has 0 radical (unpaired) electrons. The van der Waals surface area contributed by atoms with Crippen LogP contribution in [-0.4, -0.2) is 17.8 Å². The van der Waals surface area contributed by atoms with Gasteiger partial charge in [-0.15, -0.1) is 0 Å². The van der Waals surface area contributed by atoms with Crippen molar-refractivity contribution in [2.24, 2.45) is 0 Å². The summed E-state index contributed by atoms with van der Waals surface area (Å²) in [6.07, 6.45) is 1.40. The number of barbiturate groups is 1. The van der Waals surface area contributed by atoms with E-state index in [1.54, 1.807) is 48.5 Å². The van der Waals surface area contributed by atoms with Gasteiger partial charge in [-0.3, -0.25) is 14.9 Å². The van der Waals surface area contributed by atoms with E-state index in [1.165, 1.54) is 6.08 Å². The van der Waals surface area contributed by atoms with Crippen molar-refractivity contribution in [2.75, 3.05) is 4.90 Å². The van der Waals surface area contributed by atoms with Crippen LogP contribution < -0.4 is 19.7 Å². The minimum absolute atomic E-state index is 0.181. The van der Waals surface area contributed by atoms with Crippen molar-refractivity contribution in [2.45, 2.75) is 13.2 Å². The topological polar surface area (TPSA) is 84.9 Å². The monoisotopic (exact) mass is 616 g/mol. The van der Waals surface area contributed by atoms with E-state index < -0.39 is 17.8 Å². The van der Waals surface area contributed by atoms with E-state index in [4.69, 9.17) is 21.1 Å². The van der Waals surface area contributed by atoms with Gasteiger partial charge in [0.2, 0.25) is 0 Å². The average molecular weight is 618 g/mol. The van der Waals surface area contributed by atoms with Crippen LogP contribution in [0.15, 0.2) is 107 Å². The molecule has 0 aromatic heterocycles. The van der Waals surface area contributed by atoms with E-state index in [9.17, 15) is 14.4 Å². The van der Waals surface area contributed by atoms with Gasteiger partial charge in [-0.05, 0) is 60.2 Å². The third-order valence-corrected chi connectivity index (χ3v) is 6.92. The molecule has 0 saturated carbocycles. The number of carbonyl (C=O) groups excluding carboxylic acids is 3. The maximum absolute atomic E-state index is 13.4. The number of benzene rings is 4. The van der Waals surface area contributed by atoms with Crippen molar-refractivity contribution in [3.8, 4) is 11.5 Å². The molecule has 1 N–H and O–H groups in total. The summed E-state index contributed by atoms with van der Waals surface area (Å²) < 4.78 is 12.5. The molecule has 4 amide bonds. The molecule has 1 saturated heterocycles. The van der Waals surface area contributed by atoms with E-state index in [0.717, 1.165) is 16.0 Å². The summed E-state index contributed by atoms with van der Waals surface area (Å²) in [5.41, 5.74) is 2.33. The van der Waals surface area contributed by atoms with Gasteiger partial charge in [-0.1, -0.05) is 76.1 Å². The number of ether oxygens (including phenoxy) is 2. The fourth-order valence-electron chi connectivity index (χ4n) is 4.01. The molecule has 9 heteroatoms. The first-order valence-corrected chi connectivity index (χ1v) is 13.4. The zero-order valence-corrected chi connectivity index (χ0v) is 23.3. The molecule has 1 aliphatic rings. The third-order valence-electron chi connectivity index (χ3n) is 6.06. The maximum atomic E-state index is 13.4. The Morgan fingerprint density at radius 3 is 2.30 bits per heavy atom. The molecule has 0 aliphatic carbocycles. The predicted molar refractivity (Wildman–Crippen MR) is 156 cm³/mol. The molecule has 0 unspecified atom stereocenters. The van der Waals surface area contributed by atoms with Crippen LogP contribution in [0.5, 0.6) is 11.5 Å². The Morgan fingerprint density at radius 2 is 1.55 bits per heavy atom. The lowest BCUT2D eigenvalue weighted by Crippen LogP contribution is -2.54. The summed E-state index contributed by atoms with van der Waals surface area (Å²) in [6.45, 7) is 0.555. The second-order valence-corrected chi connectivity index (χ2v) is 10.1. The van der Waals surface area contributed by atoms with Gasteiger partial charge in [-0.2, -0.15) is 0 Å². The number of nitrogens with zero attached hydrogens (tertiary/aromatic N) is 1. The molecule has 0 spiro atoms. The second-order valence-electron chi connectivity index (χ2n) is 8.79. The number of imide groups is 2. The summed E-state index contributed by atoms with van der Waals surface area (Å²) >= 11 is 9.67. The maximum Gasteiger partial charge on any atom is 0.335 e. The van der Waals surface area contributed by atoms with Crippen molar-refractivity contribution >= 4 is 57.1 Å². The third kappa shape index (κ3) is 6.25. The molecule has 4 aromatic rings. The standard InChI is InChI=1S/C31H22BrClN2O5/c32-23-10-15-28(40-19-21-8-4-5-9-27(21)33)22(16-23)17-26-29(36)34-31(38)35(30(26)37)24-11-13-25(14-12-24)39-18-20-6-2-1-3-7-20/h1-17H,18-19H2,(H,34,36,38)/b26-17+. The van der Waals surface area contributed by atoms with E-state index in [2.05, 4.69) is 21.2 Å². The van der Waals surface area contributed by atoms with Crippen LogP contribution in [0.3, 0.4) is 0 Å². The summed E-state index contributed by atoms with van der Waals surface area (Å²) in [7, 11) is 0. The minimum atomic E-state index is -0.838. The number of hydrogen-bond donors (Lipinski definition) is 1. The molecule has 40 heavy (non-hydrogen) atoms. The Bertz CT molecular complexity index is 1610. The van der Waals surface area contributed by atoms with Gasteiger partial charge in [-0.25, -0.2) is 9.69 Å². The zero-order valence-electron chi connectivity index (χ0n) is 21.0. The molecule has 1 fully saturated rings. The molecule has 0 atom stereocenters. The van der Waals surface area contributed by atoms with Gasteiger partial charge < -0.3 is 9.47 Å². The van der Waals surface area contributed by atoms with Crippen LogP contribution in [0.4, 0.5) is 10.5 Å². The van der Waals surface area contributed by atoms with Gasteiger partial charge in [0.15, 0.2) is 0 Å². The normalized spacial score (nSPS) is 14.3. The highest BCUT2D eigenvalue weighted by atomic mass is 79.9. The van der Waals surface area contributed by atoms with E-state index in [-0.39, 0.29) is 17.9 Å². The first-order chi connectivity index (χ1) is 19.4. The van der Waals surface area contributed by atoms with E-state index >= 15 is 0 Å². The van der Waals surface area contributed by atoms with Gasteiger partial charge >= 0.3 is 6.03 Å². The van der Waals surface area contributed by atoms with Crippen LogP contribution in [-0.2, 0) is 22.8 Å². The Balaban J connectivity index is 1.37. The number of anilines is 1. The number of hydrogen-bond acceptors (Lipinski definition) is 5. The van der Waals surface area contributed by atoms with Gasteiger partial charge in [0, 0.05) is 20.6 Å². The largest absolute Gasteiger partial charge is 0.489 e. The van der Waals surface area contributed by atoms with Crippen molar-refractivity contribution < 1.29 is 23.9 Å². The van der Waals surface area contributed by atoms with E-state index in [0.29, 0.717) is 33.2 Å².